The van der Waals surface area contributed by atoms with Gasteiger partial charge in [0.25, 0.3) is 0 Å². The highest BCUT2D eigenvalue weighted by atomic mass is 35.5. The lowest BCUT2D eigenvalue weighted by molar-refractivity contribution is 0.0694. The summed E-state index contributed by atoms with van der Waals surface area (Å²) >= 11 is 7.61. The van der Waals surface area contributed by atoms with E-state index in [0.29, 0.717) is 5.56 Å². The van der Waals surface area contributed by atoms with Crippen molar-refractivity contribution in [2.75, 3.05) is 6.54 Å². The molecule has 2 aromatic rings. The van der Waals surface area contributed by atoms with Crippen molar-refractivity contribution in [2.24, 2.45) is 0 Å². The zero-order valence-electron chi connectivity index (χ0n) is 10.8. The van der Waals surface area contributed by atoms with E-state index in [2.05, 4.69) is 4.90 Å². The van der Waals surface area contributed by atoms with E-state index >= 15 is 0 Å². The molecule has 3 rings (SSSR count). The molecule has 0 atom stereocenters. The molecule has 104 valence electrons. The molecule has 1 N–H and O–H groups in total. The molecule has 0 amide bonds. The van der Waals surface area contributed by atoms with Crippen LogP contribution in [0.25, 0.3) is 0 Å². The van der Waals surface area contributed by atoms with E-state index in [1.165, 1.54) is 4.88 Å². The molecule has 1 aromatic heterocycles. The first-order chi connectivity index (χ1) is 9.63. The number of hydrogen-bond donors (Lipinski definition) is 1. The molecule has 0 radical (unpaired) electrons. The number of aromatic carboxylic acids is 1. The Morgan fingerprint density at radius 1 is 1.45 bits per heavy atom. The summed E-state index contributed by atoms with van der Waals surface area (Å²) in [5.41, 5.74) is 2.56. The van der Waals surface area contributed by atoms with Crippen LogP contribution in [-0.4, -0.2) is 22.5 Å². The number of thiophene rings is 1. The summed E-state index contributed by atoms with van der Waals surface area (Å²) in [7, 11) is 0. The van der Waals surface area contributed by atoms with E-state index in [-0.39, 0.29) is 0 Å². The van der Waals surface area contributed by atoms with Crippen LogP contribution >= 0.6 is 22.9 Å². The minimum atomic E-state index is -0.833. The van der Waals surface area contributed by atoms with Crippen LogP contribution in [0.4, 0.5) is 0 Å². The highest BCUT2D eigenvalue weighted by Crippen LogP contribution is 2.26. The predicted molar refractivity (Wildman–Crippen MR) is 80.5 cm³/mol. The highest BCUT2D eigenvalue weighted by Gasteiger charge is 2.21. The topological polar surface area (TPSA) is 40.5 Å². The van der Waals surface area contributed by atoms with E-state index in [0.717, 1.165) is 42.2 Å². The second-order valence-electron chi connectivity index (χ2n) is 4.94. The molecule has 20 heavy (non-hydrogen) atoms. The summed E-state index contributed by atoms with van der Waals surface area (Å²) in [4.78, 5) is 14.8. The summed E-state index contributed by atoms with van der Waals surface area (Å²) in [5.74, 6) is -0.833. The van der Waals surface area contributed by atoms with Gasteiger partial charge in [-0.05, 0) is 29.7 Å². The van der Waals surface area contributed by atoms with Crippen molar-refractivity contribution < 1.29 is 9.90 Å². The standard InChI is InChI=1S/C15H14ClNO2S/c16-11-6-12(20-9-11)8-17-5-4-13-10(7-17)2-1-3-14(13)15(18)19/h1-3,6,9H,4-5,7-8H2,(H,18,19). The molecule has 0 unspecified atom stereocenters. The fraction of sp³-hybridized carbons (Fsp3) is 0.267. The van der Waals surface area contributed by atoms with Crippen LogP contribution in [0.15, 0.2) is 29.6 Å². The monoisotopic (exact) mass is 307 g/mol. The van der Waals surface area contributed by atoms with Crippen LogP contribution in [-0.2, 0) is 19.5 Å². The third kappa shape index (κ3) is 2.73. The fourth-order valence-electron chi connectivity index (χ4n) is 2.66. The van der Waals surface area contributed by atoms with Gasteiger partial charge in [0, 0.05) is 29.9 Å². The normalized spacial score (nSPS) is 15.1. The van der Waals surface area contributed by atoms with Gasteiger partial charge in [0.1, 0.15) is 0 Å². The SMILES string of the molecule is O=C(O)c1cccc2c1CCN(Cc1cc(Cl)cs1)C2. The van der Waals surface area contributed by atoms with Gasteiger partial charge in [-0.2, -0.15) is 0 Å². The Hall–Kier alpha value is -1.36. The second kappa shape index (κ2) is 5.56. The first-order valence-corrected chi connectivity index (χ1v) is 7.68. The third-order valence-electron chi connectivity index (χ3n) is 3.58. The number of benzene rings is 1. The molecule has 0 saturated carbocycles. The largest absolute Gasteiger partial charge is 0.478 e. The van der Waals surface area contributed by atoms with Gasteiger partial charge in [0.15, 0.2) is 0 Å². The quantitative estimate of drug-likeness (QED) is 0.941. The van der Waals surface area contributed by atoms with Crippen LogP contribution in [0.1, 0.15) is 26.4 Å². The summed E-state index contributed by atoms with van der Waals surface area (Å²) in [6.07, 6.45) is 0.789. The lowest BCUT2D eigenvalue weighted by Gasteiger charge is -2.29. The van der Waals surface area contributed by atoms with Crippen molar-refractivity contribution in [3.8, 4) is 0 Å². The number of halogens is 1. The number of rotatable bonds is 3. The average molecular weight is 308 g/mol. The van der Waals surface area contributed by atoms with Crippen molar-refractivity contribution in [1.29, 1.82) is 0 Å². The summed E-state index contributed by atoms with van der Waals surface area (Å²) in [5, 5.41) is 11.9. The van der Waals surface area contributed by atoms with E-state index in [9.17, 15) is 9.90 Å². The lowest BCUT2D eigenvalue weighted by Crippen LogP contribution is -2.30. The van der Waals surface area contributed by atoms with Crippen LogP contribution in [0.2, 0.25) is 5.02 Å². The van der Waals surface area contributed by atoms with Crippen molar-refractivity contribution in [3.63, 3.8) is 0 Å². The first-order valence-electron chi connectivity index (χ1n) is 6.43. The molecule has 3 nitrogen and oxygen atoms in total. The number of fused-ring (bicyclic) bond motifs is 1. The number of hydrogen-bond acceptors (Lipinski definition) is 3. The molecule has 0 bridgehead atoms. The minimum Gasteiger partial charge on any atom is -0.478 e. The molecule has 1 aliphatic heterocycles. The second-order valence-corrected chi connectivity index (χ2v) is 6.37. The van der Waals surface area contributed by atoms with Crippen LogP contribution in [0, 0.1) is 0 Å². The van der Waals surface area contributed by atoms with Crippen LogP contribution in [0.3, 0.4) is 0 Å². The van der Waals surface area contributed by atoms with Gasteiger partial charge in [0.05, 0.1) is 10.6 Å². The lowest BCUT2D eigenvalue weighted by atomic mass is 9.94. The fourth-order valence-corrected chi connectivity index (χ4v) is 3.77. The highest BCUT2D eigenvalue weighted by molar-refractivity contribution is 7.10. The third-order valence-corrected chi connectivity index (χ3v) is 4.85. The average Bonchev–Trinajstić information content (AvgIpc) is 2.83. The van der Waals surface area contributed by atoms with Crippen molar-refractivity contribution in [2.45, 2.75) is 19.5 Å². The van der Waals surface area contributed by atoms with Gasteiger partial charge in [-0.25, -0.2) is 4.79 Å². The number of nitrogens with zero attached hydrogens (tertiary/aromatic N) is 1. The van der Waals surface area contributed by atoms with E-state index in [1.54, 1.807) is 17.4 Å². The van der Waals surface area contributed by atoms with E-state index in [1.807, 2.05) is 23.6 Å². The summed E-state index contributed by atoms with van der Waals surface area (Å²) in [6, 6.07) is 7.54. The minimum absolute atomic E-state index is 0.446. The maximum Gasteiger partial charge on any atom is 0.335 e. The molecule has 0 spiro atoms. The smallest absolute Gasteiger partial charge is 0.335 e. The Morgan fingerprint density at radius 2 is 2.30 bits per heavy atom. The van der Waals surface area contributed by atoms with Crippen molar-refractivity contribution in [1.82, 2.24) is 4.90 Å². The van der Waals surface area contributed by atoms with Gasteiger partial charge in [-0.3, -0.25) is 4.90 Å². The summed E-state index contributed by atoms with van der Waals surface area (Å²) < 4.78 is 0. The van der Waals surface area contributed by atoms with Gasteiger partial charge >= 0.3 is 5.97 Å². The Morgan fingerprint density at radius 3 is 3.00 bits per heavy atom. The van der Waals surface area contributed by atoms with Gasteiger partial charge in [-0.1, -0.05) is 23.7 Å². The van der Waals surface area contributed by atoms with Gasteiger partial charge in [0.2, 0.25) is 0 Å². The Bertz CT molecular complexity index is 653. The maximum atomic E-state index is 11.2. The molecule has 5 heteroatoms. The van der Waals surface area contributed by atoms with E-state index < -0.39 is 5.97 Å². The summed E-state index contributed by atoms with van der Waals surface area (Å²) in [6.45, 7) is 2.55. The molecule has 2 heterocycles. The number of carboxylic acids is 1. The molecule has 0 saturated heterocycles. The van der Waals surface area contributed by atoms with Gasteiger partial charge < -0.3 is 5.11 Å². The van der Waals surface area contributed by atoms with Gasteiger partial charge in [-0.15, -0.1) is 11.3 Å². The molecule has 1 aromatic carbocycles. The molecule has 0 fully saturated rings. The molecular formula is C15H14ClNO2S. The zero-order valence-corrected chi connectivity index (χ0v) is 12.4. The van der Waals surface area contributed by atoms with Crippen LogP contribution in [0.5, 0.6) is 0 Å². The molecule has 0 aliphatic carbocycles. The number of carbonyl (C=O) groups is 1. The Balaban J connectivity index is 1.79. The van der Waals surface area contributed by atoms with E-state index in [4.69, 9.17) is 11.6 Å². The predicted octanol–water partition coefficient (Wildman–Crippen LogP) is 3.66. The first kappa shape index (κ1) is 13.6. The van der Waals surface area contributed by atoms with Crippen molar-refractivity contribution in [3.05, 3.63) is 56.2 Å². The van der Waals surface area contributed by atoms with Crippen molar-refractivity contribution >= 4 is 28.9 Å². The Labute approximate surface area is 126 Å². The maximum absolute atomic E-state index is 11.2. The van der Waals surface area contributed by atoms with Crippen LogP contribution < -0.4 is 0 Å². The Kier molecular flexibility index (Phi) is 3.78. The molecular weight excluding hydrogens is 294 g/mol. The number of carboxylic acid groups (broad SMARTS) is 1. The molecule has 1 aliphatic rings. The zero-order chi connectivity index (χ0) is 14.1.